The molecule has 7 rings (SSSR count). The third-order valence-electron chi connectivity index (χ3n) is 7.26. The quantitative estimate of drug-likeness (QED) is 0.281. The minimum absolute atomic E-state index is 0.153. The molecular formula is C32H20O. The van der Waals surface area contributed by atoms with Crippen LogP contribution in [0.3, 0.4) is 0 Å². The molecule has 0 aromatic heterocycles. The topological polar surface area (TPSA) is 17.1 Å². The summed E-state index contributed by atoms with van der Waals surface area (Å²) in [6.45, 7) is 0. The van der Waals surface area contributed by atoms with Crippen LogP contribution < -0.4 is 0 Å². The van der Waals surface area contributed by atoms with E-state index in [1.165, 1.54) is 10.8 Å². The Hall–Kier alpha value is -4.23. The van der Waals surface area contributed by atoms with Crippen molar-refractivity contribution >= 4 is 38.1 Å². The van der Waals surface area contributed by atoms with Gasteiger partial charge >= 0.3 is 0 Å². The van der Waals surface area contributed by atoms with Gasteiger partial charge in [-0.2, -0.15) is 0 Å². The molecule has 0 atom stereocenters. The van der Waals surface area contributed by atoms with Gasteiger partial charge in [0.25, 0.3) is 0 Å². The number of hydrogen-bond donors (Lipinski definition) is 0. The zero-order valence-corrected chi connectivity index (χ0v) is 18.0. The first-order valence-corrected chi connectivity index (χ1v) is 11.3. The molecule has 1 aliphatic carbocycles. The van der Waals surface area contributed by atoms with Gasteiger partial charge < -0.3 is 0 Å². The maximum Gasteiger partial charge on any atom is 0.182 e. The molecule has 0 aliphatic heterocycles. The first kappa shape index (κ1) is 18.4. The normalized spacial score (nSPS) is 14.4. The molecule has 0 saturated carbocycles. The standard InChI is InChI=1S/C32H20O/c33-31-28-13-5-11-23-12-6-14-29(30(23)28)32(31,26-17-15-21-7-1-3-9-24(21)19-26)27-18-16-22-8-2-4-10-25(22)20-27/h1-20H. The fourth-order valence-electron chi connectivity index (χ4n) is 5.75. The SMILES string of the molecule is O=C1c2cccc3cccc(c23)C1(c1ccc2ccccc2c1)c1ccc2ccccc2c1. The zero-order valence-electron chi connectivity index (χ0n) is 18.0. The van der Waals surface area contributed by atoms with Crippen LogP contribution in [0.15, 0.2) is 121 Å². The Morgan fingerprint density at radius 2 is 0.970 bits per heavy atom. The van der Waals surface area contributed by atoms with Gasteiger partial charge in [0.15, 0.2) is 5.78 Å². The second-order valence-electron chi connectivity index (χ2n) is 8.91. The summed E-state index contributed by atoms with van der Waals surface area (Å²) in [4.78, 5) is 14.5. The fraction of sp³-hybridized carbons (Fsp3) is 0.0312. The molecular weight excluding hydrogens is 400 g/mol. The summed E-state index contributed by atoms with van der Waals surface area (Å²) in [5, 5.41) is 6.83. The molecule has 0 radical (unpaired) electrons. The van der Waals surface area contributed by atoms with Gasteiger partial charge in [-0.15, -0.1) is 0 Å². The number of fused-ring (bicyclic) bond motifs is 2. The van der Waals surface area contributed by atoms with Crippen LogP contribution in [0.25, 0.3) is 32.3 Å². The van der Waals surface area contributed by atoms with E-state index in [0.717, 1.165) is 43.8 Å². The Kier molecular flexibility index (Phi) is 3.69. The molecule has 0 amide bonds. The number of carbonyl (C=O) groups excluding carboxylic acids is 1. The number of benzene rings is 6. The van der Waals surface area contributed by atoms with Gasteiger partial charge in [0, 0.05) is 5.56 Å². The Morgan fingerprint density at radius 3 is 1.58 bits per heavy atom. The van der Waals surface area contributed by atoms with Crippen molar-refractivity contribution in [3.63, 3.8) is 0 Å². The Balaban J connectivity index is 1.64. The van der Waals surface area contributed by atoms with Crippen LogP contribution in [-0.2, 0) is 5.41 Å². The van der Waals surface area contributed by atoms with Crippen molar-refractivity contribution in [1.82, 2.24) is 0 Å². The van der Waals surface area contributed by atoms with E-state index in [9.17, 15) is 4.79 Å². The monoisotopic (exact) mass is 420 g/mol. The van der Waals surface area contributed by atoms with Crippen molar-refractivity contribution in [3.05, 3.63) is 144 Å². The Labute approximate surface area is 191 Å². The lowest BCUT2D eigenvalue weighted by Crippen LogP contribution is -2.35. The van der Waals surface area contributed by atoms with Gasteiger partial charge in [-0.05, 0) is 61.1 Å². The average molecular weight is 421 g/mol. The van der Waals surface area contributed by atoms with E-state index in [2.05, 4.69) is 109 Å². The maximum absolute atomic E-state index is 14.5. The van der Waals surface area contributed by atoms with E-state index in [1.807, 2.05) is 12.1 Å². The summed E-state index contributed by atoms with van der Waals surface area (Å²) >= 11 is 0. The number of ketones is 1. The molecule has 0 unspecified atom stereocenters. The van der Waals surface area contributed by atoms with Crippen molar-refractivity contribution in [1.29, 1.82) is 0 Å². The second-order valence-corrected chi connectivity index (χ2v) is 8.91. The first-order valence-electron chi connectivity index (χ1n) is 11.3. The van der Waals surface area contributed by atoms with Crippen molar-refractivity contribution < 1.29 is 4.79 Å². The number of hydrogen-bond acceptors (Lipinski definition) is 1. The molecule has 6 aromatic carbocycles. The fourth-order valence-corrected chi connectivity index (χ4v) is 5.75. The predicted molar refractivity (Wildman–Crippen MR) is 136 cm³/mol. The molecule has 0 heterocycles. The van der Waals surface area contributed by atoms with E-state index in [1.54, 1.807) is 0 Å². The molecule has 0 N–H and O–H groups in total. The van der Waals surface area contributed by atoms with Gasteiger partial charge in [-0.3, -0.25) is 4.79 Å². The lowest BCUT2D eigenvalue weighted by atomic mass is 9.68. The van der Waals surface area contributed by atoms with E-state index in [4.69, 9.17) is 0 Å². The van der Waals surface area contributed by atoms with Crippen LogP contribution in [0, 0.1) is 0 Å². The molecule has 0 fully saturated rings. The number of rotatable bonds is 2. The van der Waals surface area contributed by atoms with Crippen LogP contribution in [0.5, 0.6) is 0 Å². The molecule has 154 valence electrons. The third kappa shape index (κ3) is 2.39. The zero-order chi connectivity index (χ0) is 22.0. The highest BCUT2D eigenvalue weighted by Gasteiger charge is 2.50. The van der Waals surface area contributed by atoms with Gasteiger partial charge in [-0.25, -0.2) is 0 Å². The van der Waals surface area contributed by atoms with Crippen LogP contribution in [-0.4, -0.2) is 5.78 Å². The molecule has 1 aliphatic rings. The van der Waals surface area contributed by atoms with E-state index in [0.29, 0.717) is 0 Å². The molecule has 1 heteroatoms. The summed E-state index contributed by atoms with van der Waals surface area (Å²) < 4.78 is 0. The average Bonchev–Trinajstić information content (AvgIpc) is 3.14. The molecule has 6 aromatic rings. The third-order valence-corrected chi connectivity index (χ3v) is 7.26. The van der Waals surface area contributed by atoms with Crippen LogP contribution >= 0.6 is 0 Å². The maximum atomic E-state index is 14.5. The molecule has 0 bridgehead atoms. The summed E-state index contributed by atoms with van der Waals surface area (Å²) in [5.41, 5.74) is 3.04. The highest BCUT2D eigenvalue weighted by atomic mass is 16.1. The van der Waals surface area contributed by atoms with E-state index in [-0.39, 0.29) is 5.78 Å². The van der Waals surface area contributed by atoms with Crippen molar-refractivity contribution in [2.45, 2.75) is 5.41 Å². The Morgan fingerprint density at radius 1 is 0.455 bits per heavy atom. The minimum atomic E-state index is -0.878. The highest BCUT2D eigenvalue weighted by Crippen LogP contribution is 2.51. The first-order chi connectivity index (χ1) is 16.3. The summed E-state index contributed by atoms with van der Waals surface area (Å²) in [6.07, 6.45) is 0. The van der Waals surface area contributed by atoms with Crippen LogP contribution in [0.4, 0.5) is 0 Å². The van der Waals surface area contributed by atoms with Gasteiger partial charge in [0.1, 0.15) is 5.41 Å². The largest absolute Gasteiger partial charge is 0.292 e. The smallest absolute Gasteiger partial charge is 0.182 e. The minimum Gasteiger partial charge on any atom is -0.292 e. The highest BCUT2D eigenvalue weighted by molar-refractivity contribution is 6.24. The number of Topliss-reactive ketones (excluding diaryl/α,β-unsaturated/α-hetero) is 1. The predicted octanol–water partition coefficient (Wildman–Crippen LogP) is 7.68. The molecule has 0 saturated heterocycles. The molecule has 1 nitrogen and oxygen atoms in total. The lowest BCUT2D eigenvalue weighted by molar-refractivity contribution is 0.0945. The van der Waals surface area contributed by atoms with E-state index < -0.39 is 5.41 Å². The number of carbonyl (C=O) groups is 1. The van der Waals surface area contributed by atoms with Crippen LogP contribution in [0.2, 0.25) is 0 Å². The summed E-state index contributed by atoms with van der Waals surface area (Å²) in [7, 11) is 0. The summed E-state index contributed by atoms with van der Waals surface area (Å²) in [5.74, 6) is 0.153. The second kappa shape index (κ2) is 6.63. The van der Waals surface area contributed by atoms with Gasteiger partial charge in [0.2, 0.25) is 0 Å². The van der Waals surface area contributed by atoms with Crippen molar-refractivity contribution in [2.24, 2.45) is 0 Å². The Bertz CT molecular complexity index is 1660. The van der Waals surface area contributed by atoms with Crippen molar-refractivity contribution in [3.8, 4) is 0 Å². The molecule has 33 heavy (non-hydrogen) atoms. The van der Waals surface area contributed by atoms with Crippen LogP contribution in [0.1, 0.15) is 27.0 Å². The van der Waals surface area contributed by atoms with E-state index >= 15 is 0 Å². The van der Waals surface area contributed by atoms with Gasteiger partial charge in [0.05, 0.1) is 0 Å². The van der Waals surface area contributed by atoms with Gasteiger partial charge in [-0.1, -0.05) is 109 Å². The summed E-state index contributed by atoms with van der Waals surface area (Å²) in [6, 6.07) is 42.1. The lowest BCUT2D eigenvalue weighted by Gasteiger charge is -2.31. The van der Waals surface area contributed by atoms with Crippen molar-refractivity contribution in [2.75, 3.05) is 0 Å². The molecule has 0 spiro atoms.